The smallest absolute Gasteiger partial charge is 0.264 e. The van der Waals surface area contributed by atoms with Crippen LogP contribution >= 0.6 is 11.3 Å². The molecule has 6 aromatic carbocycles. The van der Waals surface area contributed by atoms with E-state index in [9.17, 15) is 0 Å². The molecular weight excluding hydrogens is 852 g/mol. The van der Waals surface area contributed by atoms with Crippen LogP contribution in [0.2, 0.25) is 0 Å². The zero-order chi connectivity index (χ0) is 48.7. The summed E-state index contributed by atoms with van der Waals surface area (Å²) in [6.45, 7) is 36.7. The molecule has 12 rings (SSSR count). The zero-order valence-electron chi connectivity index (χ0n) is 44.4. The van der Waals surface area contributed by atoms with Gasteiger partial charge in [0.25, 0.3) is 6.71 Å². The van der Waals surface area contributed by atoms with E-state index in [4.69, 9.17) is 0 Å². The first-order valence-corrected chi connectivity index (χ1v) is 27.1. The first kappa shape index (κ1) is 45.1. The van der Waals surface area contributed by atoms with Crippen LogP contribution in [0.15, 0.2) is 97.1 Å². The molecule has 5 aliphatic rings. The lowest BCUT2D eigenvalue weighted by Gasteiger charge is -2.47. The lowest BCUT2D eigenvalue weighted by molar-refractivity contribution is 0.332. The standard InChI is InChI=1S/C65H73BN2S/c1-38-16-19-41(20-17-38)43-22-18-39(2)30-52(43)68-53-36-49-48(63(10,11)27-28-64(49,12)13)35-51(53)66-57-54(31-40(3)32-55(57)68)67(42-21-23-45-46(33-42)61(6,7)25-24-60(45,4)5)58-44-34-47-50(37-56(44)69-59(58)66)65(14,15)29-26-62(47,8)9/h16-23,30-37H,24-29H2,1-15H3. The van der Waals surface area contributed by atoms with Crippen molar-refractivity contribution in [1.82, 2.24) is 0 Å². The largest absolute Gasteiger partial charge is 0.311 e. The highest BCUT2D eigenvalue weighted by atomic mass is 32.1. The fourth-order valence-electron chi connectivity index (χ4n) is 13.8. The van der Waals surface area contributed by atoms with Crippen LogP contribution in [0.4, 0.5) is 34.1 Å². The molecule has 0 spiro atoms. The molecule has 0 saturated carbocycles. The molecule has 7 aromatic rings. The summed E-state index contributed by atoms with van der Waals surface area (Å²) >= 11 is 2.08. The zero-order valence-corrected chi connectivity index (χ0v) is 45.2. The minimum atomic E-state index is 0.0512. The molecular formula is C65H73BN2S. The van der Waals surface area contributed by atoms with Crippen LogP contribution in [0, 0.1) is 20.8 Å². The monoisotopic (exact) mass is 925 g/mol. The van der Waals surface area contributed by atoms with E-state index in [1.54, 1.807) is 5.56 Å². The highest BCUT2D eigenvalue weighted by molar-refractivity contribution is 7.33. The molecule has 0 saturated heterocycles. The molecule has 3 heterocycles. The van der Waals surface area contributed by atoms with Crippen molar-refractivity contribution in [3.63, 3.8) is 0 Å². The van der Waals surface area contributed by atoms with Crippen molar-refractivity contribution in [3.05, 3.63) is 147 Å². The molecule has 4 heteroatoms. The number of nitrogens with zero attached hydrogens (tertiary/aromatic N) is 2. The molecule has 0 atom stereocenters. The average molecular weight is 925 g/mol. The Morgan fingerprint density at radius 2 is 0.913 bits per heavy atom. The fraction of sp³-hybridized carbons (Fsp3) is 0.415. The summed E-state index contributed by atoms with van der Waals surface area (Å²) in [7, 11) is 0. The Morgan fingerprint density at radius 3 is 1.52 bits per heavy atom. The van der Waals surface area contributed by atoms with Crippen molar-refractivity contribution >= 4 is 78.0 Å². The molecule has 0 radical (unpaired) electrons. The van der Waals surface area contributed by atoms with Gasteiger partial charge in [0, 0.05) is 43.2 Å². The van der Waals surface area contributed by atoms with Crippen molar-refractivity contribution in [2.75, 3.05) is 9.80 Å². The Kier molecular flexibility index (Phi) is 9.50. The van der Waals surface area contributed by atoms with E-state index < -0.39 is 0 Å². The van der Waals surface area contributed by atoms with Gasteiger partial charge in [-0.05, 0) is 201 Å². The maximum atomic E-state index is 2.76. The molecule has 2 nitrogen and oxygen atoms in total. The van der Waals surface area contributed by atoms with Crippen LogP contribution in [-0.2, 0) is 32.5 Å². The minimum Gasteiger partial charge on any atom is -0.311 e. The third-order valence-electron chi connectivity index (χ3n) is 18.6. The lowest BCUT2D eigenvalue weighted by atomic mass is 9.35. The van der Waals surface area contributed by atoms with E-state index in [1.807, 2.05) is 0 Å². The Hall–Kier alpha value is -5.06. The van der Waals surface area contributed by atoms with Crippen LogP contribution in [0.3, 0.4) is 0 Å². The quantitative estimate of drug-likeness (QED) is 0.163. The van der Waals surface area contributed by atoms with Crippen LogP contribution in [0.1, 0.15) is 172 Å². The van der Waals surface area contributed by atoms with E-state index in [1.165, 1.54) is 154 Å². The van der Waals surface area contributed by atoms with E-state index >= 15 is 0 Å². The Morgan fingerprint density at radius 1 is 0.420 bits per heavy atom. The molecule has 3 aliphatic carbocycles. The van der Waals surface area contributed by atoms with Gasteiger partial charge in [0.15, 0.2) is 0 Å². The Labute approximate surface area is 418 Å². The van der Waals surface area contributed by atoms with Gasteiger partial charge in [-0.15, -0.1) is 11.3 Å². The summed E-state index contributed by atoms with van der Waals surface area (Å²) in [5.41, 5.74) is 26.8. The molecule has 0 unspecified atom stereocenters. The maximum absolute atomic E-state index is 2.76. The van der Waals surface area contributed by atoms with Crippen LogP contribution < -0.4 is 25.5 Å². The highest BCUT2D eigenvalue weighted by Gasteiger charge is 2.49. The molecule has 352 valence electrons. The first-order chi connectivity index (χ1) is 32.4. The van der Waals surface area contributed by atoms with Gasteiger partial charge in [-0.3, -0.25) is 0 Å². The Bertz CT molecular complexity index is 3330. The number of thiophene rings is 1. The first-order valence-electron chi connectivity index (χ1n) is 26.2. The van der Waals surface area contributed by atoms with Gasteiger partial charge in [0.1, 0.15) is 0 Å². The number of fused-ring (bicyclic) bond motifs is 9. The lowest BCUT2D eigenvalue weighted by Crippen LogP contribution is -2.61. The van der Waals surface area contributed by atoms with Gasteiger partial charge in [-0.2, -0.15) is 0 Å². The summed E-state index contributed by atoms with van der Waals surface area (Å²) in [5.74, 6) is 0. The summed E-state index contributed by atoms with van der Waals surface area (Å²) in [6.07, 6.45) is 7.15. The van der Waals surface area contributed by atoms with Crippen LogP contribution in [-0.4, -0.2) is 6.71 Å². The van der Waals surface area contributed by atoms with Crippen LogP contribution in [0.25, 0.3) is 21.2 Å². The molecule has 2 aliphatic heterocycles. The second-order valence-electron chi connectivity index (χ2n) is 26.4. The summed E-state index contributed by atoms with van der Waals surface area (Å²) in [4.78, 5) is 5.48. The highest BCUT2D eigenvalue weighted by Crippen LogP contribution is 2.56. The van der Waals surface area contributed by atoms with Crippen molar-refractivity contribution in [3.8, 4) is 11.1 Å². The van der Waals surface area contributed by atoms with Gasteiger partial charge in [-0.25, -0.2) is 0 Å². The number of hydrogen-bond donors (Lipinski definition) is 0. The van der Waals surface area contributed by atoms with E-state index in [2.05, 4.69) is 222 Å². The van der Waals surface area contributed by atoms with Crippen molar-refractivity contribution in [2.24, 2.45) is 0 Å². The molecule has 0 fully saturated rings. The van der Waals surface area contributed by atoms with Gasteiger partial charge in [0.05, 0.1) is 11.4 Å². The predicted molar refractivity (Wildman–Crippen MR) is 301 cm³/mol. The number of rotatable bonds is 3. The fourth-order valence-corrected chi connectivity index (χ4v) is 15.1. The number of aryl methyl sites for hydroxylation is 3. The number of anilines is 6. The molecule has 1 aromatic heterocycles. The second-order valence-corrected chi connectivity index (χ2v) is 27.5. The van der Waals surface area contributed by atoms with E-state index in [-0.39, 0.29) is 39.2 Å². The SMILES string of the molecule is Cc1ccc(-c2ccc(C)cc2N2c3cc4c(cc3B3c5sc6cc7c(cc6c5N(c5ccc6c(c5)C(C)(C)CCC6(C)C)c5cc(C)cc2c53)C(C)(C)CCC7(C)C)C(C)(C)CCC4(C)C)cc1. The molecule has 0 amide bonds. The van der Waals surface area contributed by atoms with Crippen molar-refractivity contribution in [1.29, 1.82) is 0 Å². The summed E-state index contributed by atoms with van der Waals surface area (Å²) in [5, 5.41) is 1.41. The minimum absolute atomic E-state index is 0.0512. The Balaban J connectivity index is 1.23. The van der Waals surface area contributed by atoms with Gasteiger partial charge >= 0.3 is 0 Å². The number of hydrogen-bond acceptors (Lipinski definition) is 3. The van der Waals surface area contributed by atoms with E-state index in [0.717, 1.165) is 0 Å². The van der Waals surface area contributed by atoms with Gasteiger partial charge < -0.3 is 9.80 Å². The summed E-state index contributed by atoms with van der Waals surface area (Å²) in [6, 6.07) is 39.8. The van der Waals surface area contributed by atoms with Gasteiger partial charge in [-0.1, -0.05) is 137 Å². The molecule has 69 heavy (non-hydrogen) atoms. The molecule has 0 bridgehead atoms. The third kappa shape index (κ3) is 6.62. The second kappa shape index (κ2) is 14.5. The van der Waals surface area contributed by atoms with Crippen molar-refractivity contribution in [2.45, 2.75) is 175 Å². The summed E-state index contributed by atoms with van der Waals surface area (Å²) < 4.78 is 2.90. The normalized spacial score (nSPS) is 20.4. The van der Waals surface area contributed by atoms with Gasteiger partial charge in [0.2, 0.25) is 0 Å². The average Bonchev–Trinajstić information content (AvgIpc) is 3.66. The van der Waals surface area contributed by atoms with E-state index in [0.29, 0.717) is 0 Å². The van der Waals surface area contributed by atoms with Crippen molar-refractivity contribution < 1.29 is 0 Å². The predicted octanol–water partition coefficient (Wildman–Crippen LogP) is 16.6. The topological polar surface area (TPSA) is 6.48 Å². The third-order valence-corrected chi connectivity index (χ3v) is 19.8. The number of benzene rings is 6. The molecule has 0 N–H and O–H groups in total. The van der Waals surface area contributed by atoms with Crippen LogP contribution in [0.5, 0.6) is 0 Å². The maximum Gasteiger partial charge on any atom is 0.264 e.